The molecule has 0 bridgehead atoms. The van der Waals surface area contributed by atoms with Crippen molar-refractivity contribution >= 4 is 17.3 Å². The molecule has 10 heteroatoms. The van der Waals surface area contributed by atoms with Crippen LogP contribution in [0.4, 0.5) is 30.5 Å². The van der Waals surface area contributed by atoms with Crippen LogP contribution >= 0.6 is 0 Å². The quantitative estimate of drug-likeness (QED) is 0.621. The molecule has 0 radical (unpaired) electrons. The molecular formula is C22H24F3N5O2. The van der Waals surface area contributed by atoms with E-state index in [1.807, 2.05) is 43.3 Å². The number of rotatable bonds is 6. The highest BCUT2D eigenvalue weighted by atomic mass is 19.4. The van der Waals surface area contributed by atoms with Gasteiger partial charge in [-0.25, -0.2) is 14.2 Å². The third kappa shape index (κ3) is 5.01. The predicted molar refractivity (Wildman–Crippen MR) is 118 cm³/mol. The maximum atomic E-state index is 13.1. The van der Waals surface area contributed by atoms with Crippen molar-refractivity contribution in [1.29, 1.82) is 0 Å². The molecule has 2 aromatic carbocycles. The normalized spacial score (nSPS) is 11.6. The van der Waals surface area contributed by atoms with E-state index in [0.717, 1.165) is 28.0 Å². The van der Waals surface area contributed by atoms with Crippen LogP contribution in [0.2, 0.25) is 0 Å². The van der Waals surface area contributed by atoms with E-state index in [9.17, 15) is 22.8 Å². The number of aromatic nitrogens is 3. The molecule has 0 saturated carbocycles. The third-order valence-corrected chi connectivity index (χ3v) is 4.86. The lowest BCUT2D eigenvalue weighted by molar-refractivity contribution is -0.137. The van der Waals surface area contributed by atoms with E-state index in [-0.39, 0.29) is 18.2 Å². The van der Waals surface area contributed by atoms with Gasteiger partial charge >= 0.3 is 17.6 Å². The molecule has 0 atom stereocenters. The summed E-state index contributed by atoms with van der Waals surface area (Å²) in [7, 11) is 3.80. The molecule has 3 rings (SSSR count). The summed E-state index contributed by atoms with van der Waals surface area (Å²) in [5.41, 5.74) is -0.449. The first-order valence-corrected chi connectivity index (χ1v) is 9.91. The van der Waals surface area contributed by atoms with Gasteiger partial charge in [0.15, 0.2) is 0 Å². The molecule has 0 fully saturated rings. The Labute approximate surface area is 182 Å². The number of anilines is 3. The van der Waals surface area contributed by atoms with Gasteiger partial charge < -0.3 is 10.2 Å². The Bertz CT molecular complexity index is 1210. The minimum atomic E-state index is -4.53. The number of hydrogen-bond acceptors (Lipinski definition) is 5. The molecular weight excluding hydrogens is 423 g/mol. The Morgan fingerprint density at radius 1 is 1.06 bits per heavy atom. The number of hydrogen-bond donors (Lipinski definition) is 1. The summed E-state index contributed by atoms with van der Waals surface area (Å²) in [5.74, 6) is -0.132. The highest BCUT2D eigenvalue weighted by Gasteiger charge is 2.30. The summed E-state index contributed by atoms with van der Waals surface area (Å²) in [6.07, 6.45) is -4.53. The lowest BCUT2D eigenvalue weighted by Crippen LogP contribution is -2.43. The summed E-state index contributed by atoms with van der Waals surface area (Å²) < 4.78 is 41.5. The van der Waals surface area contributed by atoms with Gasteiger partial charge in [-0.3, -0.25) is 4.57 Å². The molecule has 32 heavy (non-hydrogen) atoms. The number of halogens is 3. The van der Waals surface area contributed by atoms with Crippen LogP contribution < -0.4 is 21.6 Å². The molecule has 0 spiro atoms. The van der Waals surface area contributed by atoms with Crippen molar-refractivity contribution in [3.63, 3.8) is 0 Å². The molecule has 0 aliphatic carbocycles. The summed E-state index contributed by atoms with van der Waals surface area (Å²) >= 11 is 0. The highest BCUT2D eigenvalue weighted by molar-refractivity contribution is 5.55. The Hall–Kier alpha value is -3.56. The van der Waals surface area contributed by atoms with E-state index in [0.29, 0.717) is 0 Å². The second-order valence-electron chi connectivity index (χ2n) is 7.81. The van der Waals surface area contributed by atoms with E-state index in [1.54, 1.807) is 13.8 Å². The summed E-state index contributed by atoms with van der Waals surface area (Å²) in [6, 6.07) is 11.5. The van der Waals surface area contributed by atoms with Crippen LogP contribution in [0.25, 0.3) is 0 Å². The zero-order chi connectivity index (χ0) is 23.6. The molecule has 7 nitrogen and oxygen atoms in total. The van der Waals surface area contributed by atoms with E-state index in [1.165, 1.54) is 16.7 Å². The monoisotopic (exact) mass is 447 g/mol. The fourth-order valence-electron chi connectivity index (χ4n) is 3.17. The van der Waals surface area contributed by atoms with Gasteiger partial charge in [0.1, 0.15) is 0 Å². The van der Waals surface area contributed by atoms with Crippen molar-refractivity contribution in [2.45, 2.75) is 32.6 Å². The lowest BCUT2D eigenvalue weighted by atomic mass is 10.2. The van der Waals surface area contributed by atoms with Gasteiger partial charge in [0, 0.05) is 31.5 Å². The van der Waals surface area contributed by atoms with Crippen LogP contribution in [0, 0.1) is 0 Å². The fraction of sp³-hybridized carbons (Fsp3) is 0.318. The van der Waals surface area contributed by atoms with Gasteiger partial charge in [-0.2, -0.15) is 18.2 Å². The van der Waals surface area contributed by atoms with Crippen molar-refractivity contribution in [3.8, 4) is 0 Å². The van der Waals surface area contributed by atoms with Crippen molar-refractivity contribution in [1.82, 2.24) is 14.1 Å². The molecule has 1 heterocycles. The first-order valence-electron chi connectivity index (χ1n) is 9.91. The smallest absolute Gasteiger partial charge is 0.378 e. The standard InChI is InChI=1S/C22H24F3N5O2/c1-14(2)30-20(31)27-19(26-17-7-5-6-16(12-17)22(23,24)25)29(21(30)32)13-15-8-10-18(11-9-15)28(3)4/h5-12,14H,13H2,1-4H3,(H,26,27,31). The molecule has 0 aliphatic heterocycles. The molecule has 0 unspecified atom stereocenters. The van der Waals surface area contributed by atoms with Gasteiger partial charge in [0.25, 0.3) is 0 Å². The van der Waals surface area contributed by atoms with Crippen LogP contribution in [-0.4, -0.2) is 28.2 Å². The minimum Gasteiger partial charge on any atom is -0.378 e. The Kier molecular flexibility index (Phi) is 6.42. The largest absolute Gasteiger partial charge is 0.416 e. The van der Waals surface area contributed by atoms with Crippen LogP contribution in [-0.2, 0) is 12.7 Å². The first-order chi connectivity index (χ1) is 15.0. The van der Waals surface area contributed by atoms with Crippen molar-refractivity contribution in [3.05, 3.63) is 80.6 Å². The molecule has 0 aliphatic rings. The first kappa shape index (κ1) is 23.1. The van der Waals surface area contributed by atoms with Gasteiger partial charge in [0.2, 0.25) is 5.95 Å². The number of alkyl halides is 3. The SMILES string of the molecule is CC(C)n1c(=O)nc(Nc2cccc(C(F)(F)F)c2)n(Cc2ccc(N(C)C)cc2)c1=O. The van der Waals surface area contributed by atoms with Gasteiger partial charge in [-0.05, 0) is 49.7 Å². The number of benzene rings is 2. The van der Waals surface area contributed by atoms with Gasteiger partial charge in [-0.15, -0.1) is 0 Å². The van der Waals surface area contributed by atoms with E-state index < -0.39 is 29.2 Å². The molecule has 1 aromatic heterocycles. The zero-order valence-corrected chi connectivity index (χ0v) is 18.1. The highest BCUT2D eigenvalue weighted by Crippen LogP contribution is 2.31. The maximum Gasteiger partial charge on any atom is 0.416 e. The fourth-order valence-corrected chi connectivity index (χ4v) is 3.17. The zero-order valence-electron chi connectivity index (χ0n) is 18.1. The van der Waals surface area contributed by atoms with Crippen LogP contribution in [0.15, 0.2) is 58.1 Å². The van der Waals surface area contributed by atoms with Crippen molar-refractivity contribution < 1.29 is 13.2 Å². The Balaban J connectivity index is 2.07. The van der Waals surface area contributed by atoms with E-state index in [4.69, 9.17) is 0 Å². The third-order valence-electron chi connectivity index (χ3n) is 4.86. The van der Waals surface area contributed by atoms with Crippen molar-refractivity contribution in [2.24, 2.45) is 0 Å². The minimum absolute atomic E-state index is 0.0603. The number of nitrogens with one attached hydrogen (secondary N) is 1. The van der Waals surface area contributed by atoms with E-state index in [2.05, 4.69) is 10.3 Å². The lowest BCUT2D eigenvalue weighted by Gasteiger charge is -2.18. The molecule has 0 saturated heterocycles. The Morgan fingerprint density at radius 3 is 2.28 bits per heavy atom. The van der Waals surface area contributed by atoms with Gasteiger partial charge in [0.05, 0.1) is 12.1 Å². The van der Waals surface area contributed by atoms with Crippen molar-refractivity contribution in [2.75, 3.05) is 24.3 Å². The second kappa shape index (κ2) is 8.89. The van der Waals surface area contributed by atoms with Gasteiger partial charge in [-0.1, -0.05) is 18.2 Å². The molecule has 0 amide bonds. The average molecular weight is 447 g/mol. The summed E-state index contributed by atoms with van der Waals surface area (Å²) in [4.78, 5) is 31.4. The predicted octanol–water partition coefficient (Wildman–Crippen LogP) is 3.86. The average Bonchev–Trinajstić information content (AvgIpc) is 2.70. The Morgan fingerprint density at radius 2 is 1.72 bits per heavy atom. The maximum absolute atomic E-state index is 13.1. The van der Waals surface area contributed by atoms with Crippen LogP contribution in [0.3, 0.4) is 0 Å². The van der Waals surface area contributed by atoms with E-state index >= 15 is 0 Å². The number of nitrogens with zero attached hydrogens (tertiary/aromatic N) is 4. The molecule has 170 valence electrons. The molecule has 3 aromatic rings. The topological polar surface area (TPSA) is 72.2 Å². The van der Waals surface area contributed by atoms with Crippen LogP contribution in [0.1, 0.15) is 31.0 Å². The summed E-state index contributed by atoms with van der Waals surface area (Å²) in [5, 5.41) is 2.71. The second-order valence-corrected chi connectivity index (χ2v) is 7.81. The molecule has 1 N–H and O–H groups in total. The summed E-state index contributed by atoms with van der Waals surface area (Å²) in [6.45, 7) is 3.44. The van der Waals surface area contributed by atoms with Crippen LogP contribution in [0.5, 0.6) is 0 Å².